The van der Waals surface area contributed by atoms with E-state index in [1.54, 1.807) is 12.1 Å². The van der Waals surface area contributed by atoms with Gasteiger partial charge in [0.05, 0.1) is 0 Å². The molecular weight excluding hydrogens is 319 g/mol. The Morgan fingerprint density at radius 1 is 1.16 bits per heavy atom. The van der Waals surface area contributed by atoms with E-state index in [1.807, 2.05) is 24.3 Å². The van der Waals surface area contributed by atoms with Gasteiger partial charge in [0.2, 0.25) is 11.8 Å². The Hall–Kier alpha value is -2.69. The number of para-hydroxylation sites is 1. The number of carbonyl (C=O) groups excluding carboxylic acids is 2. The van der Waals surface area contributed by atoms with Crippen LogP contribution in [0.15, 0.2) is 48.5 Å². The number of carbonyl (C=O) groups is 2. The normalized spacial score (nSPS) is 16.0. The summed E-state index contributed by atoms with van der Waals surface area (Å²) in [5, 5.41) is 5.76. The first-order valence-electron chi connectivity index (χ1n) is 8.52. The number of hydrogen-bond acceptors (Lipinski definition) is 2. The lowest BCUT2D eigenvalue weighted by Crippen LogP contribution is -2.32. The van der Waals surface area contributed by atoms with Crippen LogP contribution in [0.3, 0.4) is 0 Å². The summed E-state index contributed by atoms with van der Waals surface area (Å²) in [6.07, 6.45) is 2.18. The summed E-state index contributed by atoms with van der Waals surface area (Å²) in [5.41, 5.74) is 2.96. The second-order valence-corrected chi connectivity index (χ2v) is 6.31. The van der Waals surface area contributed by atoms with Crippen molar-refractivity contribution in [1.82, 2.24) is 5.32 Å². The summed E-state index contributed by atoms with van der Waals surface area (Å²) in [6.45, 7) is 0.504. The highest BCUT2D eigenvalue weighted by Crippen LogP contribution is 2.27. The number of nitrogens with one attached hydrogen (secondary N) is 2. The van der Waals surface area contributed by atoms with Gasteiger partial charge in [0.25, 0.3) is 0 Å². The molecule has 0 aromatic heterocycles. The van der Waals surface area contributed by atoms with Crippen LogP contribution in [0.2, 0.25) is 0 Å². The van der Waals surface area contributed by atoms with Crippen LogP contribution in [0.4, 0.5) is 10.1 Å². The molecule has 0 saturated carbocycles. The molecule has 2 amide bonds. The van der Waals surface area contributed by atoms with Gasteiger partial charge in [-0.2, -0.15) is 0 Å². The van der Waals surface area contributed by atoms with Gasteiger partial charge in [-0.25, -0.2) is 4.39 Å². The van der Waals surface area contributed by atoms with Gasteiger partial charge in [0.1, 0.15) is 5.82 Å². The molecule has 130 valence electrons. The molecule has 0 radical (unpaired) electrons. The lowest BCUT2D eigenvalue weighted by molar-refractivity contribution is -0.122. The molecule has 0 bridgehead atoms. The molecule has 25 heavy (non-hydrogen) atoms. The van der Waals surface area contributed by atoms with E-state index in [-0.39, 0.29) is 23.5 Å². The molecule has 0 aliphatic carbocycles. The predicted molar refractivity (Wildman–Crippen MR) is 94.6 cm³/mol. The highest BCUT2D eigenvalue weighted by Gasteiger charge is 2.26. The lowest BCUT2D eigenvalue weighted by atomic mass is 9.89. The summed E-state index contributed by atoms with van der Waals surface area (Å²) in [7, 11) is 0. The molecule has 2 aromatic carbocycles. The molecule has 1 heterocycles. The zero-order valence-electron chi connectivity index (χ0n) is 13.9. The summed E-state index contributed by atoms with van der Waals surface area (Å²) in [6, 6.07) is 14.0. The zero-order chi connectivity index (χ0) is 17.6. The van der Waals surface area contributed by atoms with E-state index in [2.05, 4.69) is 10.6 Å². The van der Waals surface area contributed by atoms with Crippen LogP contribution in [-0.4, -0.2) is 18.4 Å². The Labute approximate surface area is 146 Å². The third kappa shape index (κ3) is 4.66. The Bertz CT molecular complexity index is 759. The monoisotopic (exact) mass is 340 g/mol. The van der Waals surface area contributed by atoms with Crippen molar-refractivity contribution < 1.29 is 14.0 Å². The van der Waals surface area contributed by atoms with Crippen molar-refractivity contribution in [3.05, 3.63) is 65.5 Å². The molecule has 1 aliphatic rings. The van der Waals surface area contributed by atoms with Crippen LogP contribution in [0, 0.1) is 11.7 Å². The molecule has 3 rings (SSSR count). The van der Waals surface area contributed by atoms with Crippen LogP contribution >= 0.6 is 0 Å². The molecule has 0 spiro atoms. The number of anilines is 1. The molecule has 5 heteroatoms. The summed E-state index contributed by atoms with van der Waals surface area (Å²) in [5.74, 6) is -0.510. The molecular formula is C20H21FN2O2. The molecule has 2 N–H and O–H groups in total. The topological polar surface area (TPSA) is 58.2 Å². The van der Waals surface area contributed by atoms with Crippen LogP contribution in [0.25, 0.3) is 0 Å². The van der Waals surface area contributed by atoms with E-state index in [0.717, 1.165) is 16.8 Å². The summed E-state index contributed by atoms with van der Waals surface area (Å²) < 4.78 is 12.8. The maximum Gasteiger partial charge on any atom is 0.227 e. The number of rotatable bonds is 6. The van der Waals surface area contributed by atoms with E-state index in [4.69, 9.17) is 0 Å². The van der Waals surface area contributed by atoms with Crippen molar-refractivity contribution in [2.45, 2.75) is 25.7 Å². The van der Waals surface area contributed by atoms with E-state index >= 15 is 0 Å². The highest BCUT2D eigenvalue weighted by molar-refractivity contribution is 5.96. The average Bonchev–Trinajstić information content (AvgIpc) is 2.61. The van der Waals surface area contributed by atoms with Crippen LogP contribution in [-0.2, 0) is 22.4 Å². The lowest BCUT2D eigenvalue weighted by Gasteiger charge is -2.24. The molecule has 4 nitrogen and oxygen atoms in total. The quantitative estimate of drug-likeness (QED) is 0.849. The Morgan fingerprint density at radius 3 is 2.72 bits per heavy atom. The van der Waals surface area contributed by atoms with Crippen molar-refractivity contribution in [3.8, 4) is 0 Å². The second kappa shape index (κ2) is 7.92. The van der Waals surface area contributed by atoms with Gasteiger partial charge in [0.15, 0.2) is 0 Å². The smallest absolute Gasteiger partial charge is 0.227 e. The molecule has 1 aliphatic heterocycles. The van der Waals surface area contributed by atoms with Gasteiger partial charge >= 0.3 is 0 Å². The third-order valence-corrected chi connectivity index (χ3v) is 4.48. The number of halogens is 1. The summed E-state index contributed by atoms with van der Waals surface area (Å²) in [4.78, 5) is 24.1. The maximum absolute atomic E-state index is 12.8. The average molecular weight is 340 g/mol. The second-order valence-electron chi connectivity index (χ2n) is 6.31. The van der Waals surface area contributed by atoms with Gasteiger partial charge in [-0.3, -0.25) is 9.59 Å². The SMILES string of the molecule is O=C(CC[C@@H]1Cc2ccccc2NC1=O)NCCc1ccc(F)cc1. The Balaban J connectivity index is 1.42. The van der Waals surface area contributed by atoms with Gasteiger partial charge in [-0.15, -0.1) is 0 Å². The molecule has 0 unspecified atom stereocenters. The largest absolute Gasteiger partial charge is 0.356 e. The third-order valence-electron chi connectivity index (χ3n) is 4.48. The van der Waals surface area contributed by atoms with Crippen LogP contribution < -0.4 is 10.6 Å². The van der Waals surface area contributed by atoms with Gasteiger partial charge in [-0.1, -0.05) is 30.3 Å². The molecule has 0 fully saturated rings. The molecule has 2 aromatic rings. The first-order chi connectivity index (χ1) is 12.1. The minimum atomic E-state index is -0.264. The first kappa shape index (κ1) is 17.1. The maximum atomic E-state index is 12.8. The predicted octanol–water partition coefficient (Wildman–Crippen LogP) is 3.08. The van der Waals surface area contributed by atoms with E-state index < -0.39 is 0 Å². The molecule has 1 atom stereocenters. The van der Waals surface area contributed by atoms with Crippen molar-refractivity contribution in [2.75, 3.05) is 11.9 Å². The van der Waals surface area contributed by atoms with Crippen molar-refractivity contribution in [1.29, 1.82) is 0 Å². The van der Waals surface area contributed by atoms with Gasteiger partial charge < -0.3 is 10.6 Å². The zero-order valence-corrected chi connectivity index (χ0v) is 13.9. The number of benzene rings is 2. The fourth-order valence-electron chi connectivity index (χ4n) is 3.04. The number of fused-ring (bicyclic) bond motifs is 1. The fourth-order valence-corrected chi connectivity index (χ4v) is 3.04. The Morgan fingerprint density at radius 2 is 1.92 bits per heavy atom. The number of hydrogen-bond donors (Lipinski definition) is 2. The summed E-state index contributed by atoms with van der Waals surface area (Å²) >= 11 is 0. The van der Waals surface area contributed by atoms with Crippen molar-refractivity contribution in [3.63, 3.8) is 0 Å². The van der Waals surface area contributed by atoms with E-state index in [0.29, 0.717) is 32.2 Å². The van der Waals surface area contributed by atoms with Crippen molar-refractivity contribution >= 4 is 17.5 Å². The van der Waals surface area contributed by atoms with E-state index in [9.17, 15) is 14.0 Å². The van der Waals surface area contributed by atoms with E-state index in [1.165, 1.54) is 12.1 Å². The van der Waals surface area contributed by atoms with Crippen LogP contribution in [0.1, 0.15) is 24.0 Å². The fraction of sp³-hybridized carbons (Fsp3) is 0.300. The highest BCUT2D eigenvalue weighted by atomic mass is 19.1. The minimum Gasteiger partial charge on any atom is -0.356 e. The standard InChI is InChI=1S/C20H21FN2O2/c21-17-8-5-14(6-9-17)11-12-22-19(24)10-7-16-13-15-3-1-2-4-18(15)23-20(16)25/h1-6,8-9,16H,7,10-13H2,(H,22,24)(H,23,25)/t16-/m1/s1. The number of amides is 2. The first-order valence-corrected chi connectivity index (χ1v) is 8.52. The van der Waals surface area contributed by atoms with Gasteiger partial charge in [0, 0.05) is 24.6 Å². The minimum absolute atomic E-state index is 0.0159. The van der Waals surface area contributed by atoms with Crippen LogP contribution in [0.5, 0.6) is 0 Å². The van der Waals surface area contributed by atoms with Crippen molar-refractivity contribution in [2.24, 2.45) is 5.92 Å². The Kier molecular flexibility index (Phi) is 5.43. The van der Waals surface area contributed by atoms with Gasteiger partial charge in [-0.05, 0) is 48.6 Å². The molecule has 0 saturated heterocycles.